The molecule has 0 spiro atoms. The van der Waals surface area contributed by atoms with Crippen molar-refractivity contribution in [1.82, 2.24) is 0 Å². The van der Waals surface area contributed by atoms with Gasteiger partial charge in [-0.15, -0.1) is 11.8 Å². The van der Waals surface area contributed by atoms with Crippen molar-refractivity contribution in [1.29, 1.82) is 0 Å². The van der Waals surface area contributed by atoms with Crippen LogP contribution in [-0.2, 0) is 0 Å². The van der Waals surface area contributed by atoms with Crippen molar-refractivity contribution in [2.75, 3.05) is 5.75 Å². The maximum absolute atomic E-state index is 12.5. The molecule has 0 saturated carbocycles. The molecule has 60 valence electrons. The Bertz CT molecular complexity index is 228. The zero-order chi connectivity index (χ0) is 8.27. The van der Waals surface area contributed by atoms with Crippen LogP contribution in [0.4, 0.5) is 8.78 Å². The molecule has 0 aliphatic rings. The zero-order valence-corrected chi connectivity index (χ0v) is 6.92. The zero-order valence-electron chi connectivity index (χ0n) is 6.10. The Morgan fingerprint density at radius 1 is 1.18 bits per heavy atom. The molecule has 1 rings (SSSR count). The smallest absolute Gasteiger partial charge is 0.127 e. The van der Waals surface area contributed by atoms with E-state index in [1.807, 2.05) is 6.92 Å². The molecule has 0 aromatic heterocycles. The molecule has 0 aliphatic heterocycles. The lowest BCUT2D eigenvalue weighted by molar-refractivity contribution is 0.577. The van der Waals surface area contributed by atoms with Crippen molar-refractivity contribution in [3.63, 3.8) is 0 Å². The molecule has 0 fully saturated rings. The lowest BCUT2D eigenvalue weighted by Crippen LogP contribution is -1.81. The van der Waals surface area contributed by atoms with Gasteiger partial charge in [0.15, 0.2) is 0 Å². The third-order valence-electron chi connectivity index (χ3n) is 1.15. The fourth-order valence-electron chi connectivity index (χ4n) is 0.779. The van der Waals surface area contributed by atoms with Crippen LogP contribution in [0.2, 0.25) is 0 Å². The second-order valence-corrected chi connectivity index (χ2v) is 3.38. The SMILES string of the molecule is CCSc1cc(F)cc(F)c1. The highest BCUT2D eigenvalue weighted by atomic mass is 32.2. The van der Waals surface area contributed by atoms with Crippen molar-refractivity contribution in [2.24, 2.45) is 0 Å². The average molecular weight is 174 g/mol. The molecule has 0 amide bonds. The number of halogens is 2. The van der Waals surface area contributed by atoms with E-state index in [1.165, 1.54) is 23.9 Å². The van der Waals surface area contributed by atoms with Crippen LogP contribution in [0.15, 0.2) is 23.1 Å². The molecule has 0 heterocycles. The van der Waals surface area contributed by atoms with E-state index in [2.05, 4.69) is 0 Å². The molecule has 0 aliphatic carbocycles. The summed E-state index contributed by atoms with van der Waals surface area (Å²) in [6.45, 7) is 1.94. The van der Waals surface area contributed by atoms with Crippen LogP contribution in [0, 0.1) is 11.6 Å². The van der Waals surface area contributed by atoms with Crippen molar-refractivity contribution < 1.29 is 8.78 Å². The molecule has 11 heavy (non-hydrogen) atoms. The van der Waals surface area contributed by atoms with Gasteiger partial charge in [0.05, 0.1) is 0 Å². The van der Waals surface area contributed by atoms with E-state index in [0.717, 1.165) is 11.8 Å². The summed E-state index contributed by atoms with van der Waals surface area (Å²) in [6.07, 6.45) is 0. The molecule has 1 aromatic carbocycles. The van der Waals surface area contributed by atoms with Gasteiger partial charge in [0.2, 0.25) is 0 Å². The minimum absolute atomic E-state index is 0.513. The molecular formula is C8H8F2S. The summed E-state index contributed by atoms with van der Waals surface area (Å²) in [5.74, 6) is -0.204. The molecule has 3 heteroatoms. The van der Waals surface area contributed by atoms with E-state index in [-0.39, 0.29) is 0 Å². The first kappa shape index (κ1) is 8.53. The van der Waals surface area contributed by atoms with Gasteiger partial charge in [-0.25, -0.2) is 8.78 Å². The molecule has 0 atom stereocenters. The molecular weight excluding hydrogens is 166 g/mol. The number of hydrogen-bond donors (Lipinski definition) is 0. The lowest BCUT2D eigenvalue weighted by atomic mass is 10.3. The second-order valence-electron chi connectivity index (χ2n) is 2.04. The Kier molecular flexibility index (Phi) is 2.88. The van der Waals surface area contributed by atoms with Gasteiger partial charge >= 0.3 is 0 Å². The molecule has 0 radical (unpaired) electrons. The van der Waals surface area contributed by atoms with Crippen LogP contribution in [-0.4, -0.2) is 5.75 Å². The third-order valence-corrected chi connectivity index (χ3v) is 2.00. The van der Waals surface area contributed by atoms with Gasteiger partial charge in [-0.05, 0) is 17.9 Å². The topological polar surface area (TPSA) is 0 Å². The van der Waals surface area contributed by atoms with E-state index in [1.54, 1.807) is 0 Å². The summed E-state index contributed by atoms with van der Waals surface area (Å²) >= 11 is 1.42. The van der Waals surface area contributed by atoms with Gasteiger partial charge in [0.1, 0.15) is 11.6 Å². The molecule has 0 saturated heterocycles. The first-order chi connectivity index (χ1) is 5.22. The largest absolute Gasteiger partial charge is 0.207 e. The predicted molar refractivity (Wildman–Crippen MR) is 42.8 cm³/mol. The standard InChI is InChI=1S/C8H8F2S/c1-2-11-8-4-6(9)3-7(10)5-8/h3-5H,2H2,1H3. The maximum Gasteiger partial charge on any atom is 0.127 e. The minimum Gasteiger partial charge on any atom is -0.207 e. The van der Waals surface area contributed by atoms with Gasteiger partial charge in [-0.2, -0.15) is 0 Å². The average Bonchev–Trinajstić information content (AvgIpc) is 1.85. The Labute approximate surface area is 68.6 Å². The van der Waals surface area contributed by atoms with Crippen LogP contribution in [0.25, 0.3) is 0 Å². The Morgan fingerprint density at radius 2 is 1.73 bits per heavy atom. The highest BCUT2D eigenvalue weighted by molar-refractivity contribution is 7.99. The highest BCUT2D eigenvalue weighted by Gasteiger charge is 1.98. The molecule has 1 aromatic rings. The van der Waals surface area contributed by atoms with E-state index in [9.17, 15) is 8.78 Å². The summed E-state index contributed by atoms with van der Waals surface area (Å²) in [5.41, 5.74) is 0. The van der Waals surface area contributed by atoms with Gasteiger partial charge in [0.25, 0.3) is 0 Å². The van der Waals surface area contributed by atoms with Crippen LogP contribution >= 0.6 is 11.8 Å². The van der Waals surface area contributed by atoms with Crippen molar-refractivity contribution in [2.45, 2.75) is 11.8 Å². The second kappa shape index (κ2) is 3.72. The normalized spacial score (nSPS) is 10.1. The van der Waals surface area contributed by atoms with Gasteiger partial charge in [0, 0.05) is 11.0 Å². The quantitative estimate of drug-likeness (QED) is 0.621. The monoisotopic (exact) mass is 174 g/mol. The Hall–Kier alpha value is -0.570. The van der Waals surface area contributed by atoms with Crippen LogP contribution in [0.1, 0.15) is 6.92 Å². The van der Waals surface area contributed by atoms with Gasteiger partial charge < -0.3 is 0 Å². The summed E-state index contributed by atoms with van der Waals surface area (Å²) in [5, 5.41) is 0. The van der Waals surface area contributed by atoms with Gasteiger partial charge in [-0.1, -0.05) is 6.92 Å². The summed E-state index contributed by atoms with van der Waals surface area (Å²) in [4.78, 5) is 0.644. The summed E-state index contributed by atoms with van der Waals surface area (Å²) < 4.78 is 25.0. The van der Waals surface area contributed by atoms with Crippen LogP contribution in [0.3, 0.4) is 0 Å². The first-order valence-electron chi connectivity index (χ1n) is 3.31. The number of thioether (sulfide) groups is 1. The number of rotatable bonds is 2. The fraction of sp³-hybridized carbons (Fsp3) is 0.250. The Balaban J connectivity index is 2.89. The van der Waals surface area contributed by atoms with Crippen molar-refractivity contribution >= 4 is 11.8 Å². The van der Waals surface area contributed by atoms with Crippen molar-refractivity contribution in [3.05, 3.63) is 29.8 Å². The maximum atomic E-state index is 12.5. The van der Waals surface area contributed by atoms with E-state index >= 15 is 0 Å². The van der Waals surface area contributed by atoms with Gasteiger partial charge in [-0.3, -0.25) is 0 Å². The van der Waals surface area contributed by atoms with Crippen LogP contribution < -0.4 is 0 Å². The number of hydrogen-bond acceptors (Lipinski definition) is 1. The highest BCUT2D eigenvalue weighted by Crippen LogP contribution is 2.19. The number of benzene rings is 1. The fourth-order valence-corrected chi connectivity index (χ4v) is 1.50. The molecule has 0 nitrogen and oxygen atoms in total. The van der Waals surface area contributed by atoms with E-state index < -0.39 is 11.6 Å². The lowest BCUT2D eigenvalue weighted by Gasteiger charge is -1.97. The summed E-state index contributed by atoms with van der Waals surface area (Å²) in [7, 11) is 0. The minimum atomic E-state index is -0.513. The predicted octanol–water partition coefficient (Wildman–Crippen LogP) is 3.08. The summed E-state index contributed by atoms with van der Waals surface area (Å²) in [6, 6.07) is 3.54. The molecule has 0 N–H and O–H groups in total. The van der Waals surface area contributed by atoms with Crippen molar-refractivity contribution in [3.8, 4) is 0 Å². The Morgan fingerprint density at radius 3 is 2.18 bits per heavy atom. The molecule has 0 bridgehead atoms. The van der Waals surface area contributed by atoms with E-state index in [4.69, 9.17) is 0 Å². The van der Waals surface area contributed by atoms with E-state index in [0.29, 0.717) is 4.90 Å². The molecule has 0 unspecified atom stereocenters. The third kappa shape index (κ3) is 2.50. The first-order valence-corrected chi connectivity index (χ1v) is 4.30. The van der Waals surface area contributed by atoms with Crippen LogP contribution in [0.5, 0.6) is 0 Å².